The number of ether oxygens (including phenoxy) is 1. The summed E-state index contributed by atoms with van der Waals surface area (Å²) in [6, 6.07) is 9.95. The number of amides is 1. The van der Waals surface area contributed by atoms with Gasteiger partial charge in [0.1, 0.15) is 11.5 Å². The fourth-order valence-corrected chi connectivity index (χ4v) is 3.56. The first-order valence-electron chi connectivity index (χ1n) is 10.7. The lowest BCUT2D eigenvalue weighted by Crippen LogP contribution is -2.33. The van der Waals surface area contributed by atoms with Crippen LogP contribution in [0.1, 0.15) is 44.0 Å². The van der Waals surface area contributed by atoms with Gasteiger partial charge in [-0.05, 0) is 44.5 Å². The lowest BCUT2D eigenvalue weighted by atomic mass is 10.0. The van der Waals surface area contributed by atoms with E-state index in [1.54, 1.807) is 35.4 Å². The van der Waals surface area contributed by atoms with E-state index in [2.05, 4.69) is 9.97 Å². The number of carbonyl (C=O) groups is 1. The Bertz CT molecular complexity index is 1050. The second kappa shape index (κ2) is 11.0. The van der Waals surface area contributed by atoms with Crippen LogP contribution in [0.5, 0.6) is 5.88 Å². The molecule has 0 unspecified atom stereocenters. The molecule has 2 heterocycles. The van der Waals surface area contributed by atoms with E-state index in [-0.39, 0.29) is 12.3 Å². The summed E-state index contributed by atoms with van der Waals surface area (Å²) in [5, 5.41) is 0.294. The van der Waals surface area contributed by atoms with E-state index in [4.69, 9.17) is 21.3 Å². The molecule has 0 aliphatic rings. The number of nitrogens with zero attached hydrogens (tertiary/aromatic N) is 4. The van der Waals surface area contributed by atoms with Gasteiger partial charge in [0.05, 0.1) is 5.69 Å². The molecule has 6 nitrogen and oxygen atoms in total. The number of aromatic nitrogens is 3. The Morgan fingerprint density at radius 2 is 1.84 bits per heavy atom. The molecule has 0 N–H and O–H groups in total. The highest BCUT2D eigenvalue weighted by molar-refractivity contribution is 6.31. The molecular weight excluding hydrogens is 431 g/mol. The van der Waals surface area contributed by atoms with Gasteiger partial charge in [0, 0.05) is 41.9 Å². The van der Waals surface area contributed by atoms with Gasteiger partial charge in [-0.25, -0.2) is 14.2 Å². The molecule has 3 aromatic rings. The molecule has 168 valence electrons. The standard InChI is InChI=1S/C24H26ClFN4O2/c1-4-10-20-17(15-16-18(25)11-9-12-19(16)26)23(32-24(31)30(5-2)6-3)29-22(28-20)21-13-7-8-14-27-21/h7-9,11-14H,4-6,10,15H2,1-3H3. The fraction of sp³-hybridized carbons (Fsp3) is 0.333. The number of hydrogen-bond donors (Lipinski definition) is 0. The summed E-state index contributed by atoms with van der Waals surface area (Å²) in [7, 11) is 0. The van der Waals surface area contributed by atoms with E-state index in [1.165, 1.54) is 6.07 Å². The highest BCUT2D eigenvalue weighted by Gasteiger charge is 2.23. The van der Waals surface area contributed by atoms with Crippen molar-refractivity contribution in [3.05, 3.63) is 70.3 Å². The molecule has 0 aliphatic heterocycles. The van der Waals surface area contributed by atoms with Gasteiger partial charge >= 0.3 is 6.09 Å². The van der Waals surface area contributed by atoms with E-state index >= 15 is 0 Å². The number of carbonyl (C=O) groups excluding carboxylic acids is 1. The summed E-state index contributed by atoms with van der Waals surface area (Å²) < 4.78 is 20.3. The van der Waals surface area contributed by atoms with Crippen LogP contribution in [0.15, 0.2) is 42.6 Å². The van der Waals surface area contributed by atoms with Crippen LogP contribution in [-0.4, -0.2) is 39.0 Å². The summed E-state index contributed by atoms with van der Waals surface area (Å²) in [5.74, 6) is 0.00914. The number of aryl methyl sites for hydroxylation is 1. The van der Waals surface area contributed by atoms with Gasteiger partial charge < -0.3 is 9.64 Å². The van der Waals surface area contributed by atoms with Gasteiger partial charge in [-0.1, -0.05) is 37.1 Å². The summed E-state index contributed by atoms with van der Waals surface area (Å²) >= 11 is 6.28. The maximum absolute atomic E-state index is 14.6. The zero-order valence-corrected chi connectivity index (χ0v) is 19.2. The van der Waals surface area contributed by atoms with Crippen LogP contribution in [0, 0.1) is 5.82 Å². The van der Waals surface area contributed by atoms with Crippen molar-refractivity contribution in [1.82, 2.24) is 19.9 Å². The molecule has 0 atom stereocenters. The molecule has 3 rings (SSSR count). The minimum Gasteiger partial charge on any atom is -0.391 e. The second-order valence-corrected chi connectivity index (χ2v) is 7.57. The molecule has 0 bridgehead atoms. The van der Waals surface area contributed by atoms with Gasteiger partial charge in [-0.3, -0.25) is 4.98 Å². The average molecular weight is 457 g/mol. The van der Waals surface area contributed by atoms with E-state index in [9.17, 15) is 9.18 Å². The van der Waals surface area contributed by atoms with Crippen molar-refractivity contribution in [1.29, 1.82) is 0 Å². The third-order valence-electron chi connectivity index (χ3n) is 5.06. The van der Waals surface area contributed by atoms with Gasteiger partial charge in [0.2, 0.25) is 5.88 Å². The highest BCUT2D eigenvalue weighted by Crippen LogP contribution is 2.30. The Morgan fingerprint density at radius 3 is 2.47 bits per heavy atom. The first-order chi connectivity index (χ1) is 15.5. The molecular formula is C24H26ClFN4O2. The number of hydrogen-bond acceptors (Lipinski definition) is 5. The predicted molar refractivity (Wildman–Crippen MR) is 122 cm³/mol. The molecule has 1 amide bonds. The molecule has 0 fully saturated rings. The summed E-state index contributed by atoms with van der Waals surface area (Å²) in [6.07, 6.45) is 2.61. The van der Waals surface area contributed by atoms with Crippen molar-refractivity contribution in [2.75, 3.05) is 13.1 Å². The Balaban J connectivity index is 2.16. The summed E-state index contributed by atoms with van der Waals surface area (Å²) in [4.78, 5) is 27.8. The molecule has 8 heteroatoms. The van der Waals surface area contributed by atoms with Gasteiger partial charge in [0.25, 0.3) is 0 Å². The minimum atomic E-state index is -0.524. The third-order valence-corrected chi connectivity index (χ3v) is 5.41. The van der Waals surface area contributed by atoms with Crippen LogP contribution >= 0.6 is 11.6 Å². The first kappa shape index (κ1) is 23.6. The largest absolute Gasteiger partial charge is 0.416 e. The normalized spacial score (nSPS) is 10.8. The van der Waals surface area contributed by atoms with Crippen LogP contribution in [0.2, 0.25) is 5.02 Å². The van der Waals surface area contributed by atoms with Crippen LogP contribution in [0.25, 0.3) is 11.5 Å². The number of rotatable bonds is 8. The molecule has 0 aliphatic carbocycles. The van der Waals surface area contributed by atoms with Crippen LogP contribution < -0.4 is 4.74 Å². The molecule has 0 saturated carbocycles. The number of halogens is 2. The Kier molecular flexibility index (Phi) is 8.11. The van der Waals surface area contributed by atoms with Gasteiger partial charge in [-0.2, -0.15) is 4.98 Å². The van der Waals surface area contributed by atoms with Crippen LogP contribution in [0.4, 0.5) is 9.18 Å². The topological polar surface area (TPSA) is 68.2 Å². The maximum Gasteiger partial charge on any atom is 0.416 e. The lowest BCUT2D eigenvalue weighted by Gasteiger charge is -2.20. The van der Waals surface area contributed by atoms with E-state index in [0.29, 0.717) is 52.9 Å². The fourth-order valence-electron chi connectivity index (χ4n) is 3.33. The monoisotopic (exact) mass is 456 g/mol. The third kappa shape index (κ3) is 5.40. The van der Waals surface area contributed by atoms with Crippen molar-refractivity contribution in [2.45, 2.75) is 40.0 Å². The lowest BCUT2D eigenvalue weighted by molar-refractivity contribution is 0.155. The van der Waals surface area contributed by atoms with Crippen molar-refractivity contribution >= 4 is 17.7 Å². The van der Waals surface area contributed by atoms with E-state index in [0.717, 1.165) is 6.42 Å². The van der Waals surface area contributed by atoms with Crippen molar-refractivity contribution < 1.29 is 13.9 Å². The van der Waals surface area contributed by atoms with Crippen LogP contribution in [-0.2, 0) is 12.8 Å². The number of benzene rings is 1. The molecule has 0 spiro atoms. The first-order valence-corrected chi connectivity index (χ1v) is 11.1. The number of pyridine rings is 1. The highest BCUT2D eigenvalue weighted by atomic mass is 35.5. The zero-order valence-electron chi connectivity index (χ0n) is 18.4. The molecule has 32 heavy (non-hydrogen) atoms. The second-order valence-electron chi connectivity index (χ2n) is 7.16. The SMILES string of the molecule is CCCc1nc(-c2ccccn2)nc(OC(=O)N(CC)CC)c1Cc1c(F)cccc1Cl. The maximum atomic E-state index is 14.6. The van der Waals surface area contributed by atoms with Crippen molar-refractivity contribution in [3.8, 4) is 17.4 Å². The Labute approximate surface area is 192 Å². The summed E-state index contributed by atoms with van der Waals surface area (Å²) in [5.41, 5.74) is 2.07. The quantitative estimate of drug-likeness (QED) is 0.434. The molecule has 0 radical (unpaired) electrons. The van der Waals surface area contributed by atoms with Crippen molar-refractivity contribution in [3.63, 3.8) is 0 Å². The van der Waals surface area contributed by atoms with Gasteiger partial charge in [-0.15, -0.1) is 0 Å². The van der Waals surface area contributed by atoms with Crippen molar-refractivity contribution in [2.24, 2.45) is 0 Å². The molecule has 0 saturated heterocycles. The summed E-state index contributed by atoms with van der Waals surface area (Å²) in [6.45, 7) is 6.73. The van der Waals surface area contributed by atoms with Crippen LogP contribution in [0.3, 0.4) is 0 Å². The Hall–Kier alpha value is -3.06. The average Bonchev–Trinajstić information content (AvgIpc) is 2.79. The smallest absolute Gasteiger partial charge is 0.391 e. The van der Waals surface area contributed by atoms with Gasteiger partial charge in [0.15, 0.2) is 5.82 Å². The molecule has 2 aromatic heterocycles. The Morgan fingerprint density at radius 1 is 1.06 bits per heavy atom. The molecule has 1 aromatic carbocycles. The minimum absolute atomic E-state index is 0.0975. The zero-order chi connectivity index (χ0) is 23.1. The predicted octanol–water partition coefficient (Wildman–Crippen LogP) is 5.72. The van der Waals surface area contributed by atoms with E-state index < -0.39 is 11.9 Å². The van der Waals surface area contributed by atoms with E-state index in [1.807, 2.05) is 26.8 Å².